The minimum atomic E-state index is -1.28. The topological polar surface area (TPSA) is 169 Å². The molecule has 27 heavy (non-hydrogen) atoms. The first-order chi connectivity index (χ1) is 11.6. The van der Waals surface area contributed by atoms with Gasteiger partial charge in [0.25, 0.3) is 0 Å². The average Bonchev–Trinajstić information content (AvgIpc) is 3.40. The molecule has 0 bridgehead atoms. The lowest BCUT2D eigenvalue weighted by molar-refractivity contribution is 0.0695. The molecule has 1 aromatic heterocycles. The molecule has 0 radical (unpaired) electrons. The predicted molar refractivity (Wildman–Crippen MR) is 99.3 cm³/mol. The van der Waals surface area contributed by atoms with Crippen LogP contribution >= 0.6 is 0 Å². The maximum absolute atomic E-state index is 14.6. The highest BCUT2D eigenvalue weighted by Crippen LogP contribution is 2.38. The third kappa shape index (κ3) is 3.93. The molecule has 1 aliphatic carbocycles. The number of aromatic carboxylic acids is 1. The van der Waals surface area contributed by atoms with Crippen molar-refractivity contribution in [3.63, 3.8) is 0 Å². The molecule has 8 N–H and O–H groups in total. The molecule has 0 amide bonds. The Kier molecular flexibility index (Phi) is 7.04. The fourth-order valence-corrected chi connectivity index (χ4v) is 3.31. The van der Waals surface area contributed by atoms with Crippen molar-refractivity contribution in [2.75, 3.05) is 31.1 Å². The molecule has 1 aromatic carbocycles. The predicted octanol–water partition coefficient (Wildman–Crippen LogP) is -0.891. The second-order valence-corrected chi connectivity index (χ2v) is 6.37. The number of pyridine rings is 1. The SMILES string of the molecule is O.O.O.O=C(O)c1cn(C2CC2)c2cc(N3CCNCC3)c(F)cc2c1=O. The van der Waals surface area contributed by atoms with Gasteiger partial charge in [-0.15, -0.1) is 0 Å². The zero-order chi connectivity index (χ0) is 16.8. The van der Waals surface area contributed by atoms with Crippen molar-refractivity contribution < 1.29 is 30.7 Å². The molecular weight excluding hydrogens is 361 g/mol. The van der Waals surface area contributed by atoms with E-state index in [1.807, 2.05) is 9.47 Å². The Balaban J connectivity index is 0.00000121. The monoisotopic (exact) mass is 385 g/mol. The molecule has 2 fully saturated rings. The summed E-state index contributed by atoms with van der Waals surface area (Å²) >= 11 is 0. The van der Waals surface area contributed by atoms with Gasteiger partial charge >= 0.3 is 5.97 Å². The minimum absolute atomic E-state index is 0. The molecule has 4 rings (SSSR count). The Labute approximate surface area is 153 Å². The van der Waals surface area contributed by atoms with Crippen LogP contribution in [0.3, 0.4) is 0 Å². The zero-order valence-corrected chi connectivity index (χ0v) is 14.6. The number of nitrogens with zero attached hydrogens (tertiary/aromatic N) is 2. The van der Waals surface area contributed by atoms with Crippen molar-refractivity contribution in [2.24, 2.45) is 0 Å². The normalized spacial score (nSPS) is 16.1. The fourth-order valence-electron chi connectivity index (χ4n) is 3.31. The lowest BCUT2D eigenvalue weighted by Crippen LogP contribution is -2.43. The summed E-state index contributed by atoms with van der Waals surface area (Å²) < 4.78 is 16.4. The van der Waals surface area contributed by atoms with Crippen LogP contribution < -0.4 is 15.6 Å². The van der Waals surface area contributed by atoms with Crippen LogP contribution in [-0.4, -0.2) is 58.3 Å². The number of nitrogens with one attached hydrogen (secondary N) is 1. The number of carboxylic acid groups (broad SMARTS) is 1. The van der Waals surface area contributed by atoms with Gasteiger partial charge < -0.3 is 36.3 Å². The van der Waals surface area contributed by atoms with Gasteiger partial charge in [0.05, 0.1) is 11.2 Å². The second-order valence-electron chi connectivity index (χ2n) is 6.37. The molecule has 0 unspecified atom stereocenters. The van der Waals surface area contributed by atoms with E-state index in [9.17, 15) is 19.1 Å². The van der Waals surface area contributed by atoms with Crippen molar-refractivity contribution in [1.29, 1.82) is 0 Å². The first-order valence-electron chi connectivity index (χ1n) is 8.13. The van der Waals surface area contributed by atoms with Crippen LogP contribution in [0.15, 0.2) is 23.1 Å². The van der Waals surface area contributed by atoms with Gasteiger partial charge in [-0.25, -0.2) is 9.18 Å². The minimum Gasteiger partial charge on any atom is -0.477 e. The van der Waals surface area contributed by atoms with Crippen LogP contribution in [0.1, 0.15) is 29.2 Å². The quantitative estimate of drug-likeness (QED) is 0.697. The zero-order valence-electron chi connectivity index (χ0n) is 14.6. The summed E-state index contributed by atoms with van der Waals surface area (Å²) in [5, 5.41) is 12.6. The summed E-state index contributed by atoms with van der Waals surface area (Å²) in [6.07, 6.45) is 3.29. The van der Waals surface area contributed by atoms with Gasteiger partial charge in [-0.1, -0.05) is 0 Å². The van der Waals surface area contributed by atoms with Gasteiger partial charge in [-0.3, -0.25) is 4.79 Å². The van der Waals surface area contributed by atoms with Crippen molar-refractivity contribution in [1.82, 2.24) is 9.88 Å². The van der Waals surface area contributed by atoms with Crippen molar-refractivity contribution >= 4 is 22.6 Å². The summed E-state index contributed by atoms with van der Waals surface area (Å²) in [6.45, 7) is 2.96. The number of carbonyl (C=O) groups is 1. The number of benzene rings is 1. The molecule has 0 spiro atoms. The highest BCUT2D eigenvalue weighted by atomic mass is 19.1. The first kappa shape index (κ1) is 22.5. The number of fused-ring (bicyclic) bond motifs is 1. The smallest absolute Gasteiger partial charge is 0.341 e. The number of hydrogen-bond acceptors (Lipinski definition) is 4. The molecular formula is C17H24FN3O6. The van der Waals surface area contributed by atoms with E-state index in [1.165, 1.54) is 12.3 Å². The Bertz CT molecular complexity index is 890. The van der Waals surface area contributed by atoms with Crippen LogP contribution in [0.25, 0.3) is 10.9 Å². The van der Waals surface area contributed by atoms with E-state index in [0.29, 0.717) is 24.3 Å². The van der Waals surface area contributed by atoms with E-state index in [-0.39, 0.29) is 33.4 Å². The Morgan fingerprint density at radius 1 is 1.15 bits per heavy atom. The van der Waals surface area contributed by atoms with Crippen LogP contribution in [0.2, 0.25) is 0 Å². The lowest BCUT2D eigenvalue weighted by atomic mass is 10.1. The fraction of sp³-hybridized carbons (Fsp3) is 0.412. The Morgan fingerprint density at radius 3 is 2.33 bits per heavy atom. The highest BCUT2D eigenvalue weighted by Gasteiger charge is 2.28. The van der Waals surface area contributed by atoms with Crippen molar-refractivity contribution in [3.8, 4) is 0 Å². The summed E-state index contributed by atoms with van der Waals surface area (Å²) in [4.78, 5) is 25.7. The van der Waals surface area contributed by atoms with E-state index >= 15 is 0 Å². The molecule has 0 atom stereocenters. The summed E-state index contributed by atoms with van der Waals surface area (Å²) in [5.41, 5.74) is 0.159. The second kappa shape index (κ2) is 8.44. The standard InChI is InChI=1S/C17H18FN3O3.3H2O/c18-13-7-11-14(8-15(13)20-5-3-19-4-6-20)21(10-1-2-10)9-12(16(11)22)17(23)24;;;/h7-10,19H,1-6H2,(H,23,24);3*1H2. The summed E-state index contributed by atoms with van der Waals surface area (Å²) in [5.74, 6) is -1.76. The molecule has 9 nitrogen and oxygen atoms in total. The van der Waals surface area contributed by atoms with Gasteiger partial charge in [-0.05, 0) is 25.0 Å². The van der Waals surface area contributed by atoms with E-state index in [1.54, 1.807) is 6.07 Å². The van der Waals surface area contributed by atoms with Gasteiger partial charge in [0.2, 0.25) is 5.43 Å². The molecule has 2 aromatic rings. The number of piperazine rings is 1. The molecule has 1 aliphatic heterocycles. The Morgan fingerprint density at radius 2 is 1.78 bits per heavy atom. The number of aromatic nitrogens is 1. The maximum atomic E-state index is 14.6. The maximum Gasteiger partial charge on any atom is 0.341 e. The molecule has 150 valence electrons. The average molecular weight is 385 g/mol. The van der Waals surface area contributed by atoms with Gasteiger partial charge in [0, 0.05) is 43.8 Å². The summed E-state index contributed by atoms with van der Waals surface area (Å²) in [7, 11) is 0. The van der Waals surface area contributed by atoms with Gasteiger partial charge in [0.1, 0.15) is 11.4 Å². The molecule has 2 heterocycles. The third-order valence-electron chi connectivity index (χ3n) is 4.73. The third-order valence-corrected chi connectivity index (χ3v) is 4.73. The van der Waals surface area contributed by atoms with Crippen molar-refractivity contribution in [3.05, 3.63) is 39.9 Å². The van der Waals surface area contributed by atoms with Crippen LogP contribution in [-0.2, 0) is 0 Å². The van der Waals surface area contributed by atoms with E-state index in [0.717, 1.165) is 25.9 Å². The van der Waals surface area contributed by atoms with Crippen LogP contribution in [0, 0.1) is 5.82 Å². The molecule has 1 saturated heterocycles. The van der Waals surface area contributed by atoms with E-state index < -0.39 is 17.2 Å². The molecule has 2 aliphatic rings. The summed E-state index contributed by atoms with van der Waals surface area (Å²) in [6, 6.07) is 3.08. The van der Waals surface area contributed by atoms with Gasteiger partial charge in [-0.2, -0.15) is 0 Å². The molecule has 1 saturated carbocycles. The number of rotatable bonds is 3. The Hall–Kier alpha value is -2.53. The van der Waals surface area contributed by atoms with Crippen LogP contribution in [0.4, 0.5) is 10.1 Å². The number of anilines is 1. The highest BCUT2D eigenvalue weighted by molar-refractivity contribution is 5.93. The number of halogens is 1. The van der Waals surface area contributed by atoms with E-state index in [2.05, 4.69) is 5.32 Å². The number of carboxylic acids is 1. The molecule has 10 heteroatoms. The first-order valence-corrected chi connectivity index (χ1v) is 8.13. The number of hydrogen-bond donors (Lipinski definition) is 2. The van der Waals surface area contributed by atoms with E-state index in [4.69, 9.17) is 0 Å². The van der Waals surface area contributed by atoms with Crippen molar-refractivity contribution in [2.45, 2.75) is 18.9 Å². The van der Waals surface area contributed by atoms with Gasteiger partial charge in [0.15, 0.2) is 0 Å². The largest absolute Gasteiger partial charge is 0.477 e. The van der Waals surface area contributed by atoms with Crippen LogP contribution in [0.5, 0.6) is 0 Å². The lowest BCUT2D eigenvalue weighted by Gasteiger charge is -2.30.